The molecule has 0 N–H and O–H groups in total. The van der Waals surface area contributed by atoms with E-state index in [0.29, 0.717) is 5.22 Å². The highest BCUT2D eigenvalue weighted by atomic mass is 32.2. The van der Waals surface area contributed by atoms with Crippen molar-refractivity contribution in [2.24, 2.45) is 0 Å². The molecule has 110 valence electrons. The molecule has 0 bridgehead atoms. The third-order valence-corrected chi connectivity index (χ3v) is 3.81. The van der Waals surface area contributed by atoms with Crippen LogP contribution >= 0.6 is 11.8 Å². The van der Waals surface area contributed by atoms with Crippen molar-refractivity contribution in [3.05, 3.63) is 66.7 Å². The van der Waals surface area contributed by atoms with Crippen molar-refractivity contribution in [2.45, 2.75) is 16.7 Å². The van der Waals surface area contributed by atoms with Gasteiger partial charge in [-0.2, -0.15) is 0 Å². The first-order valence-electron chi connectivity index (χ1n) is 6.66. The molecule has 0 unspecified atom stereocenters. The minimum absolute atomic E-state index is 0.235. The Kier molecular flexibility index (Phi) is 4.25. The number of oxazole rings is 1. The highest BCUT2D eigenvalue weighted by molar-refractivity contribution is 7.99. The zero-order valence-corrected chi connectivity index (χ0v) is 12.5. The van der Waals surface area contributed by atoms with E-state index in [1.165, 1.54) is 11.8 Å². The standard InChI is InChI=1S/C17H13NO3S/c1-2-16(19)20-11-12-7-9-13(10-8-12)22-17-18-14-5-3-4-6-15(14)21-17/h2-10H,1,11H2. The van der Waals surface area contributed by atoms with Crippen molar-refractivity contribution < 1.29 is 13.9 Å². The van der Waals surface area contributed by atoms with Gasteiger partial charge in [-0.05, 0) is 41.6 Å². The summed E-state index contributed by atoms with van der Waals surface area (Å²) >= 11 is 1.45. The predicted octanol–water partition coefficient (Wildman–Crippen LogP) is 4.21. The van der Waals surface area contributed by atoms with Gasteiger partial charge in [-0.15, -0.1) is 0 Å². The fraction of sp³-hybridized carbons (Fsp3) is 0.0588. The molecule has 0 spiro atoms. The second kappa shape index (κ2) is 6.49. The van der Waals surface area contributed by atoms with Crippen molar-refractivity contribution in [2.75, 3.05) is 0 Å². The lowest BCUT2D eigenvalue weighted by Gasteiger charge is -2.03. The molecule has 5 heteroatoms. The van der Waals surface area contributed by atoms with E-state index in [2.05, 4.69) is 11.6 Å². The van der Waals surface area contributed by atoms with Crippen LogP contribution in [0.25, 0.3) is 11.1 Å². The smallest absolute Gasteiger partial charge is 0.330 e. The van der Waals surface area contributed by atoms with Gasteiger partial charge < -0.3 is 9.15 Å². The molecule has 4 nitrogen and oxygen atoms in total. The van der Waals surface area contributed by atoms with Crippen LogP contribution in [-0.4, -0.2) is 11.0 Å². The molecule has 1 aromatic heterocycles. The Morgan fingerprint density at radius 2 is 2.00 bits per heavy atom. The molecule has 0 fully saturated rings. The van der Waals surface area contributed by atoms with Crippen LogP contribution in [0.5, 0.6) is 0 Å². The summed E-state index contributed by atoms with van der Waals surface area (Å²) < 4.78 is 10.6. The number of nitrogens with zero attached hydrogens (tertiary/aromatic N) is 1. The highest BCUT2D eigenvalue weighted by Gasteiger charge is 2.07. The molecular weight excluding hydrogens is 298 g/mol. The van der Waals surface area contributed by atoms with Crippen LogP contribution in [0.15, 0.2) is 75.7 Å². The van der Waals surface area contributed by atoms with Gasteiger partial charge in [0.15, 0.2) is 5.58 Å². The lowest BCUT2D eigenvalue weighted by atomic mass is 10.2. The van der Waals surface area contributed by atoms with Crippen molar-refractivity contribution in [3.8, 4) is 0 Å². The number of carbonyl (C=O) groups excluding carboxylic acids is 1. The zero-order valence-electron chi connectivity index (χ0n) is 11.7. The van der Waals surface area contributed by atoms with E-state index in [0.717, 1.165) is 27.6 Å². The Bertz CT molecular complexity index is 775. The summed E-state index contributed by atoms with van der Waals surface area (Å²) in [4.78, 5) is 16.4. The van der Waals surface area contributed by atoms with Gasteiger partial charge in [-0.1, -0.05) is 30.8 Å². The summed E-state index contributed by atoms with van der Waals surface area (Å²) in [5, 5.41) is 0.604. The van der Waals surface area contributed by atoms with Crippen LogP contribution < -0.4 is 0 Å². The molecule has 0 aliphatic carbocycles. The largest absolute Gasteiger partial charge is 0.458 e. The maximum Gasteiger partial charge on any atom is 0.330 e. The van der Waals surface area contributed by atoms with Crippen molar-refractivity contribution in [1.82, 2.24) is 4.98 Å². The second-order valence-corrected chi connectivity index (χ2v) is 5.53. The fourth-order valence-electron chi connectivity index (χ4n) is 1.86. The maximum absolute atomic E-state index is 11.0. The van der Waals surface area contributed by atoms with Gasteiger partial charge in [0.25, 0.3) is 5.22 Å². The summed E-state index contributed by atoms with van der Waals surface area (Å²) in [6.07, 6.45) is 1.15. The van der Waals surface area contributed by atoms with Gasteiger partial charge in [0.2, 0.25) is 0 Å². The first-order valence-corrected chi connectivity index (χ1v) is 7.48. The van der Waals surface area contributed by atoms with E-state index in [-0.39, 0.29) is 6.61 Å². The van der Waals surface area contributed by atoms with E-state index in [9.17, 15) is 4.79 Å². The van der Waals surface area contributed by atoms with Crippen LogP contribution in [0.4, 0.5) is 0 Å². The number of fused-ring (bicyclic) bond motifs is 1. The molecule has 1 heterocycles. The molecule has 0 aliphatic rings. The van der Waals surface area contributed by atoms with Gasteiger partial charge in [0, 0.05) is 11.0 Å². The Hall–Kier alpha value is -2.53. The molecule has 0 radical (unpaired) electrons. The minimum atomic E-state index is -0.426. The van der Waals surface area contributed by atoms with Crippen molar-refractivity contribution >= 4 is 28.8 Å². The van der Waals surface area contributed by atoms with E-state index in [1.807, 2.05) is 48.5 Å². The van der Waals surface area contributed by atoms with Crippen LogP contribution in [0.1, 0.15) is 5.56 Å². The van der Waals surface area contributed by atoms with Crippen molar-refractivity contribution in [1.29, 1.82) is 0 Å². The minimum Gasteiger partial charge on any atom is -0.458 e. The first kappa shape index (κ1) is 14.4. The number of esters is 1. The number of para-hydroxylation sites is 2. The Morgan fingerprint density at radius 1 is 1.23 bits per heavy atom. The van der Waals surface area contributed by atoms with Crippen LogP contribution in [-0.2, 0) is 16.1 Å². The number of aromatic nitrogens is 1. The van der Waals surface area contributed by atoms with Gasteiger partial charge in [0.05, 0.1) is 0 Å². The van der Waals surface area contributed by atoms with E-state index < -0.39 is 5.97 Å². The average molecular weight is 311 g/mol. The van der Waals surface area contributed by atoms with E-state index in [4.69, 9.17) is 9.15 Å². The number of rotatable bonds is 5. The number of carbonyl (C=O) groups is 1. The number of benzene rings is 2. The highest BCUT2D eigenvalue weighted by Crippen LogP contribution is 2.29. The van der Waals surface area contributed by atoms with E-state index >= 15 is 0 Å². The summed E-state index contributed by atoms with van der Waals surface area (Å²) in [6.45, 7) is 3.59. The quantitative estimate of drug-likeness (QED) is 0.522. The van der Waals surface area contributed by atoms with Crippen LogP contribution in [0.2, 0.25) is 0 Å². The summed E-state index contributed by atoms with van der Waals surface area (Å²) in [5.41, 5.74) is 2.54. The monoisotopic (exact) mass is 311 g/mol. The van der Waals surface area contributed by atoms with Gasteiger partial charge in [-0.25, -0.2) is 9.78 Å². The first-order chi connectivity index (χ1) is 10.7. The lowest BCUT2D eigenvalue weighted by molar-refractivity contribution is -0.138. The molecule has 0 atom stereocenters. The zero-order chi connectivity index (χ0) is 15.4. The number of hydrogen-bond donors (Lipinski definition) is 0. The SMILES string of the molecule is C=CC(=O)OCc1ccc(Sc2nc3ccccc3o2)cc1. The molecule has 0 amide bonds. The maximum atomic E-state index is 11.0. The fourth-order valence-corrected chi connectivity index (χ4v) is 2.61. The molecular formula is C17H13NO3S. The number of ether oxygens (including phenoxy) is 1. The molecule has 2 aromatic carbocycles. The second-order valence-electron chi connectivity index (χ2n) is 4.51. The molecule has 22 heavy (non-hydrogen) atoms. The van der Waals surface area contributed by atoms with Crippen molar-refractivity contribution in [3.63, 3.8) is 0 Å². The lowest BCUT2D eigenvalue weighted by Crippen LogP contribution is -1.99. The molecule has 0 aliphatic heterocycles. The molecule has 0 saturated carbocycles. The third-order valence-electron chi connectivity index (χ3n) is 2.95. The predicted molar refractivity (Wildman–Crippen MR) is 84.6 cm³/mol. The van der Waals surface area contributed by atoms with Crippen LogP contribution in [0, 0.1) is 0 Å². The molecule has 0 saturated heterocycles. The normalized spacial score (nSPS) is 10.5. The Morgan fingerprint density at radius 3 is 2.73 bits per heavy atom. The van der Waals surface area contributed by atoms with Gasteiger partial charge in [-0.3, -0.25) is 0 Å². The van der Waals surface area contributed by atoms with Gasteiger partial charge >= 0.3 is 5.97 Å². The van der Waals surface area contributed by atoms with E-state index in [1.54, 1.807) is 0 Å². The van der Waals surface area contributed by atoms with Crippen LogP contribution in [0.3, 0.4) is 0 Å². The van der Waals surface area contributed by atoms with Gasteiger partial charge in [0.1, 0.15) is 12.1 Å². The molecule has 3 aromatic rings. The Labute approximate surface area is 131 Å². The topological polar surface area (TPSA) is 52.3 Å². The third kappa shape index (κ3) is 3.38. The summed E-state index contributed by atoms with van der Waals surface area (Å²) in [7, 11) is 0. The average Bonchev–Trinajstić information content (AvgIpc) is 2.96. The summed E-state index contributed by atoms with van der Waals surface area (Å²) in [5.74, 6) is -0.426. The number of hydrogen-bond acceptors (Lipinski definition) is 5. The molecule has 3 rings (SSSR count). The Balaban J connectivity index is 1.67. The summed E-state index contributed by atoms with van der Waals surface area (Å²) in [6, 6.07) is 15.3.